The van der Waals surface area contributed by atoms with Gasteiger partial charge in [-0.25, -0.2) is 4.79 Å². The maximum Gasteiger partial charge on any atom is 0.338 e. The van der Waals surface area contributed by atoms with Crippen LogP contribution >= 0.6 is 0 Å². The molecule has 0 aromatic carbocycles. The molecule has 0 atom stereocenters. The molecule has 0 unspecified atom stereocenters. The van der Waals surface area contributed by atoms with Gasteiger partial charge in [0.2, 0.25) is 0 Å². The molecule has 0 bridgehead atoms. The molecule has 0 saturated heterocycles. The molecule has 0 fully saturated rings. The van der Waals surface area contributed by atoms with Gasteiger partial charge in [-0.05, 0) is 12.6 Å². The Balaban J connectivity index is 2.59. The van der Waals surface area contributed by atoms with Crippen LogP contribution in [0.25, 0.3) is 0 Å². The smallest absolute Gasteiger partial charge is 0.338 e. The van der Waals surface area contributed by atoms with Crippen molar-refractivity contribution in [3.05, 3.63) is 23.7 Å². The van der Waals surface area contributed by atoms with Crippen LogP contribution in [0.3, 0.4) is 0 Å². The predicted molar refractivity (Wildman–Crippen MR) is 53.7 cm³/mol. The van der Waals surface area contributed by atoms with Gasteiger partial charge < -0.3 is 14.6 Å². The molecule has 5 heteroatoms. The lowest BCUT2D eigenvalue weighted by Gasteiger charge is -2.16. The summed E-state index contributed by atoms with van der Waals surface area (Å²) >= 11 is 0. The lowest BCUT2D eigenvalue weighted by Crippen LogP contribution is -2.25. The summed E-state index contributed by atoms with van der Waals surface area (Å²) in [5, 5.41) is 17.5. The zero-order chi connectivity index (χ0) is 11.3. The highest BCUT2D eigenvalue weighted by Gasteiger charge is 2.10. The number of aliphatic hydroxyl groups is 1. The number of nitrogens with zero attached hydrogens (tertiary/aromatic N) is 1. The van der Waals surface area contributed by atoms with Gasteiger partial charge in [0.15, 0.2) is 0 Å². The first kappa shape index (κ1) is 11.7. The molecule has 0 radical (unpaired) electrons. The minimum absolute atomic E-state index is 0.0837. The van der Waals surface area contributed by atoms with Crippen LogP contribution in [0.15, 0.2) is 16.7 Å². The highest BCUT2D eigenvalue weighted by Crippen LogP contribution is 2.10. The summed E-state index contributed by atoms with van der Waals surface area (Å²) < 4.78 is 5.10. The van der Waals surface area contributed by atoms with Gasteiger partial charge in [-0.1, -0.05) is 6.92 Å². The molecule has 0 aliphatic carbocycles. The molecule has 0 aliphatic heterocycles. The van der Waals surface area contributed by atoms with Crippen molar-refractivity contribution in [3.63, 3.8) is 0 Å². The molecular formula is C10H15NO4. The molecule has 1 rings (SSSR count). The Kier molecular flexibility index (Phi) is 4.33. The number of aliphatic hydroxyl groups excluding tert-OH is 1. The quantitative estimate of drug-likeness (QED) is 0.730. The van der Waals surface area contributed by atoms with Crippen molar-refractivity contribution >= 4 is 5.97 Å². The number of hydrogen-bond acceptors (Lipinski definition) is 4. The normalized spacial score (nSPS) is 10.9. The van der Waals surface area contributed by atoms with Gasteiger partial charge in [0.05, 0.1) is 18.7 Å². The number of carbonyl (C=O) groups is 1. The first-order valence-electron chi connectivity index (χ1n) is 4.81. The summed E-state index contributed by atoms with van der Waals surface area (Å²) in [6.45, 7) is 3.91. The second-order valence-corrected chi connectivity index (χ2v) is 3.20. The Morgan fingerprint density at radius 3 is 2.80 bits per heavy atom. The number of aromatic carboxylic acids is 1. The van der Waals surface area contributed by atoms with Crippen molar-refractivity contribution in [2.45, 2.75) is 13.5 Å². The van der Waals surface area contributed by atoms with Crippen molar-refractivity contribution < 1.29 is 19.4 Å². The van der Waals surface area contributed by atoms with Crippen LogP contribution in [-0.4, -0.2) is 40.8 Å². The molecule has 0 amide bonds. The largest absolute Gasteiger partial charge is 0.478 e. The van der Waals surface area contributed by atoms with Crippen LogP contribution in [0, 0.1) is 0 Å². The summed E-state index contributed by atoms with van der Waals surface area (Å²) in [6, 6.07) is 1.50. The Morgan fingerprint density at radius 2 is 2.33 bits per heavy atom. The van der Waals surface area contributed by atoms with Gasteiger partial charge in [-0.15, -0.1) is 0 Å². The third-order valence-electron chi connectivity index (χ3n) is 2.14. The van der Waals surface area contributed by atoms with Gasteiger partial charge in [0.1, 0.15) is 12.0 Å². The first-order valence-corrected chi connectivity index (χ1v) is 4.81. The Morgan fingerprint density at radius 1 is 1.60 bits per heavy atom. The van der Waals surface area contributed by atoms with E-state index in [-0.39, 0.29) is 12.2 Å². The number of hydrogen-bond donors (Lipinski definition) is 2. The number of furan rings is 1. The first-order chi connectivity index (χ1) is 7.17. The van der Waals surface area contributed by atoms with Gasteiger partial charge >= 0.3 is 5.97 Å². The molecule has 15 heavy (non-hydrogen) atoms. The number of rotatable bonds is 6. The fraction of sp³-hybridized carbons (Fsp3) is 0.500. The second-order valence-electron chi connectivity index (χ2n) is 3.20. The van der Waals surface area contributed by atoms with Crippen molar-refractivity contribution in [2.75, 3.05) is 19.7 Å². The van der Waals surface area contributed by atoms with Crippen LogP contribution in [0.4, 0.5) is 0 Å². The molecule has 1 heterocycles. The highest BCUT2D eigenvalue weighted by atomic mass is 16.4. The van der Waals surface area contributed by atoms with Crippen molar-refractivity contribution in [2.24, 2.45) is 0 Å². The van der Waals surface area contributed by atoms with E-state index < -0.39 is 5.97 Å². The van der Waals surface area contributed by atoms with E-state index in [0.29, 0.717) is 18.8 Å². The van der Waals surface area contributed by atoms with Crippen LogP contribution in [0.2, 0.25) is 0 Å². The maximum atomic E-state index is 10.6. The summed E-state index contributed by atoms with van der Waals surface area (Å²) in [5.74, 6) is -0.391. The van der Waals surface area contributed by atoms with Gasteiger partial charge in [-0.3, -0.25) is 4.90 Å². The second kappa shape index (κ2) is 5.53. The highest BCUT2D eigenvalue weighted by molar-refractivity contribution is 5.87. The number of carboxylic acids is 1. The molecule has 0 saturated carbocycles. The third-order valence-corrected chi connectivity index (χ3v) is 2.14. The summed E-state index contributed by atoms with van der Waals surface area (Å²) in [6.07, 6.45) is 1.23. The van der Waals surface area contributed by atoms with Crippen molar-refractivity contribution in [1.29, 1.82) is 0 Å². The monoisotopic (exact) mass is 213 g/mol. The van der Waals surface area contributed by atoms with Crippen molar-refractivity contribution in [3.8, 4) is 0 Å². The molecular weight excluding hydrogens is 198 g/mol. The Hall–Kier alpha value is -1.33. The van der Waals surface area contributed by atoms with Crippen LogP contribution < -0.4 is 0 Å². The van der Waals surface area contributed by atoms with E-state index in [1.807, 2.05) is 11.8 Å². The summed E-state index contributed by atoms with van der Waals surface area (Å²) in [7, 11) is 0. The van der Waals surface area contributed by atoms with E-state index in [0.717, 1.165) is 6.54 Å². The van der Waals surface area contributed by atoms with E-state index in [1.165, 1.54) is 12.3 Å². The van der Waals surface area contributed by atoms with Gasteiger partial charge in [0, 0.05) is 6.54 Å². The van der Waals surface area contributed by atoms with E-state index in [4.69, 9.17) is 14.6 Å². The lowest BCUT2D eigenvalue weighted by molar-refractivity contribution is 0.0696. The molecule has 2 N–H and O–H groups in total. The van der Waals surface area contributed by atoms with E-state index in [9.17, 15) is 4.79 Å². The molecule has 0 aliphatic rings. The Bertz CT molecular complexity index is 321. The van der Waals surface area contributed by atoms with E-state index in [2.05, 4.69) is 0 Å². The van der Waals surface area contributed by atoms with Crippen LogP contribution in [0.5, 0.6) is 0 Å². The molecule has 1 aromatic rings. The van der Waals surface area contributed by atoms with E-state index >= 15 is 0 Å². The lowest BCUT2D eigenvalue weighted by atomic mass is 10.3. The fourth-order valence-electron chi connectivity index (χ4n) is 1.29. The van der Waals surface area contributed by atoms with Crippen LogP contribution in [-0.2, 0) is 6.54 Å². The fourth-order valence-corrected chi connectivity index (χ4v) is 1.29. The van der Waals surface area contributed by atoms with E-state index in [1.54, 1.807) is 0 Å². The Labute approximate surface area is 87.9 Å². The third kappa shape index (κ3) is 3.38. The average Bonchev–Trinajstić information content (AvgIpc) is 2.65. The molecule has 5 nitrogen and oxygen atoms in total. The van der Waals surface area contributed by atoms with Gasteiger partial charge in [-0.2, -0.15) is 0 Å². The number of carboxylic acid groups (broad SMARTS) is 1. The topological polar surface area (TPSA) is 73.9 Å². The van der Waals surface area contributed by atoms with Gasteiger partial charge in [0.25, 0.3) is 0 Å². The van der Waals surface area contributed by atoms with Crippen molar-refractivity contribution in [1.82, 2.24) is 4.90 Å². The maximum absolute atomic E-state index is 10.6. The molecule has 84 valence electrons. The summed E-state index contributed by atoms with van der Waals surface area (Å²) in [4.78, 5) is 12.5. The minimum atomic E-state index is -0.991. The summed E-state index contributed by atoms with van der Waals surface area (Å²) in [5.41, 5.74) is 0.157. The molecule has 0 spiro atoms. The van der Waals surface area contributed by atoms with Crippen LogP contribution in [0.1, 0.15) is 23.0 Å². The SMILES string of the molecule is CCN(CCO)Cc1cc(C(=O)O)co1. The molecule has 1 aromatic heterocycles. The average molecular weight is 213 g/mol. The standard InChI is InChI=1S/C10H15NO4/c1-2-11(3-4-12)6-9-5-8(7-15-9)10(13)14/h5,7,12H,2-4,6H2,1H3,(H,13,14). The zero-order valence-electron chi connectivity index (χ0n) is 8.64. The zero-order valence-corrected chi connectivity index (χ0v) is 8.64. The predicted octanol–water partition coefficient (Wildman–Crippen LogP) is 0.792. The number of likely N-dealkylation sites (N-methyl/N-ethyl adjacent to an activating group) is 1. The minimum Gasteiger partial charge on any atom is -0.478 e.